The lowest BCUT2D eigenvalue weighted by molar-refractivity contribution is -0.384. The van der Waals surface area contributed by atoms with E-state index in [2.05, 4.69) is 20.9 Å². The van der Waals surface area contributed by atoms with Gasteiger partial charge in [-0.15, -0.1) is 0 Å². The second kappa shape index (κ2) is 5.89. The molecule has 0 spiro atoms. The van der Waals surface area contributed by atoms with E-state index >= 15 is 0 Å². The van der Waals surface area contributed by atoms with Crippen molar-refractivity contribution in [2.45, 2.75) is 6.10 Å². The third kappa shape index (κ3) is 3.62. The number of hydrogen-bond acceptors (Lipinski definition) is 6. The van der Waals surface area contributed by atoms with Crippen molar-refractivity contribution in [3.05, 3.63) is 26.9 Å². The zero-order chi connectivity index (χ0) is 13.0. The molecule has 8 heteroatoms. The van der Waals surface area contributed by atoms with E-state index < -0.39 is 17.6 Å². The first kappa shape index (κ1) is 13.8. The van der Waals surface area contributed by atoms with E-state index in [9.17, 15) is 15.2 Å². The predicted octanol–water partition coefficient (Wildman–Crippen LogP) is 0.542. The molecule has 0 saturated carbocycles. The number of hydrogen-bond donors (Lipinski definition) is 2. The number of aromatic nitrogens is 1. The molecule has 0 radical (unpaired) electrons. The minimum absolute atomic E-state index is 0.0615. The second-order valence-electron chi connectivity index (χ2n) is 3.47. The van der Waals surface area contributed by atoms with Crippen LogP contribution in [-0.4, -0.2) is 46.4 Å². The minimum Gasteiger partial charge on any atom is -0.394 e. The van der Waals surface area contributed by atoms with Gasteiger partial charge in [0.05, 0.1) is 17.6 Å². The molecule has 0 aliphatic rings. The van der Waals surface area contributed by atoms with Gasteiger partial charge in [0.2, 0.25) is 5.82 Å². The van der Waals surface area contributed by atoms with Crippen molar-refractivity contribution in [2.24, 2.45) is 0 Å². The van der Waals surface area contributed by atoms with E-state index in [1.807, 2.05) is 0 Å². The first-order valence-electron chi connectivity index (χ1n) is 4.75. The topological polar surface area (TPSA) is 99.7 Å². The summed E-state index contributed by atoms with van der Waals surface area (Å²) in [6.45, 7) is -0.347. The lowest BCUT2D eigenvalue weighted by atomic mass is 10.3. The summed E-state index contributed by atoms with van der Waals surface area (Å²) in [7, 11) is 1.56. The highest BCUT2D eigenvalue weighted by Gasteiger charge is 2.20. The van der Waals surface area contributed by atoms with Crippen LogP contribution in [0.1, 0.15) is 0 Å². The molecular formula is C9H12BrN3O4. The third-order valence-corrected chi connectivity index (χ3v) is 2.50. The zero-order valence-electron chi connectivity index (χ0n) is 9.08. The summed E-state index contributed by atoms with van der Waals surface area (Å²) in [5.41, 5.74) is -0.160. The maximum absolute atomic E-state index is 10.8. The number of nitrogens with zero attached hydrogens (tertiary/aromatic N) is 3. The van der Waals surface area contributed by atoms with Gasteiger partial charge in [-0.2, -0.15) is 0 Å². The van der Waals surface area contributed by atoms with Crippen molar-refractivity contribution < 1.29 is 15.1 Å². The van der Waals surface area contributed by atoms with Crippen LogP contribution in [0.25, 0.3) is 0 Å². The Morgan fingerprint density at radius 3 is 2.88 bits per heavy atom. The van der Waals surface area contributed by atoms with Crippen molar-refractivity contribution in [1.29, 1.82) is 0 Å². The summed E-state index contributed by atoms with van der Waals surface area (Å²) in [5, 5.41) is 28.8. The van der Waals surface area contributed by atoms with E-state index in [-0.39, 0.29) is 18.1 Å². The molecule has 0 aliphatic heterocycles. The van der Waals surface area contributed by atoms with Crippen LogP contribution in [0.2, 0.25) is 0 Å². The quantitative estimate of drug-likeness (QED) is 0.608. The number of aliphatic hydroxyl groups excluding tert-OH is 2. The Kier molecular flexibility index (Phi) is 4.79. The lowest BCUT2D eigenvalue weighted by Crippen LogP contribution is -2.32. The Balaban J connectivity index is 3.00. The Labute approximate surface area is 106 Å². The molecule has 0 bridgehead atoms. The van der Waals surface area contributed by atoms with Crippen molar-refractivity contribution >= 4 is 27.4 Å². The van der Waals surface area contributed by atoms with Crippen LogP contribution in [0.3, 0.4) is 0 Å². The molecule has 0 saturated heterocycles. The molecule has 1 heterocycles. The van der Waals surface area contributed by atoms with E-state index in [4.69, 9.17) is 5.11 Å². The Bertz CT molecular complexity index is 415. The largest absolute Gasteiger partial charge is 0.394 e. The van der Waals surface area contributed by atoms with E-state index in [0.717, 1.165) is 0 Å². The fraction of sp³-hybridized carbons (Fsp3) is 0.444. The molecule has 0 aromatic carbocycles. The molecular weight excluding hydrogens is 294 g/mol. The molecule has 7 nitrogen and oxygen atoms in total. The van der Waals surface area contributed by atoms with Gasteiger partial charge in [0, 0.05) is 30.3 Å². The standard InChI is InChI=1S/C9H12BrN3O4/c1-12(4-7(15)5-14)9-8(13(16)17)2-6(10)3-11-9/h2-3,7,14-15H,4-5H2,1H3. The third-order valence-electron chi connectivity index (χ3n) is 2.07. The highest BCUT2D eigenvalue weighted by molar-refractivity contribution is 9.10. The Morgan fingerprint density at radius 2 is 2.35 bits per heavy atom. The fourth-order valence-electron chi connectivity index (χ4n) is 1.31. The van der Waals surface area contributed by atoms with Crippen LogP contribution < -0.4 is 4.90 Å². The van der Waals surface area contributed by atoms with Crippen LogP contribution >= 0.6 is 15.9 Å². The van der Waals surface area contributed by atoms with Gasteiger partial charge in [0.25, 0.3) is 0 Å². The van der Waals surface area contributed by atoms with Gasteiger partial charge in [0.1, 0.15) is 0 Å². The number of likely N-dealkylation sites (N-methyl/N-ethyl adjacent to an activating group) is 1. The normalized spacial score (nSPS) is 12.2. The molecule has 1 aromatic heterocycles. The summed E-state index contributed by atoms with van der Waals surface area (Å²) in [6, 6.07) is 1.34. The Morgan fingerprint density at radius 1 is 1.71 bits per heavy atom. The summed E-state index contributed by atoms with van der Waals surface area (Å²) >= 11 is 3.10. The van der Waals surface area contributed by atoms with E-state index in [1.165, 1.54) is 17.2 Å². The average molecular weight is 306 g/mol. The van der Waals surface area contributed by atoms with Gasteiger partial charge in [-0.25, -0.2) is 4.98 Å². The van der Waals surface area contributed by atoms with Crippen molar-refractivity contribution in [2.75, 3.05) is 25.1 Å². The molecule has 0 amide bonds. The van der Waals surface area contributed by atoms with Crippen LogP contribution in [-0.2, 0) is 0 Å². The van der Waals surface area contributed by atoms with Gasteiger partial charge in [-0.1, -0.05) is 0 Å². The van der Waals surface area contributed by atoms with Crippen molar-refractivity contribution in [3.63, 3.8) is 0 Å². The maximum atomic E-state index is 10.8. The molecule has 1 rings (SSSR count). The molecule has 1 atom stereocenters. The monoisotopic (exact) mass is 305 g/mol. The predicted molar refractivity (Wildman–Crippen MR) is 65.0 cm³/mol. The maximum Gasteiger partial charge on any atom is 0.312 e. The summed E-state index contributed by atoms with van der Waals surface area (Å²) in [5.74, 6) is 0.144. The van der Waals surface area contributed by atoms with Gasteiger partial charge < -0.3 is 15.1 Å². The highest BCUT2D eigenvalue weighted by atomic mass is 79.9. The number of rotatable bonds is 5. The van der Waals surface area contributed by atoms with Crippen LogP contribution in [0.5, 0.6) is 0 Å². The second-order valence-corrected chi connectivity index (χ2v) is 4.39. The lowest BCUT2D eigenvalue weighted by Gasteiger charge is -2.20. The molecule has 94 valence electrons. The van der Waals surface area contributed by atoms with Gasteiger partial charge in [-0.3, -0.25) is 10.1 Å². The average Bonchev–Trinajstić information content (AvgIpc) is 2.28. The minimum atomic E-state index is -0.968. The number of nitro groups is 1. The molecule has 0 fully saturated rings. The number of aliphatic hydroxyl groups is 2. The number of anilines is 1. The molecule has 1 aromatic rings. The molecule has 2 N–H and O–H groups in total. The SMILES string of the molecule is CN(CC(O)CO)c1ncc(Br)cc1[N+](=O)[O-]. The zero-order valence-corrected chi connectivity index (χ0v) is 10.7. The smallest absolute Gasteiger partial charge is 0.312 e. The van der Waals surface area contributed by atoms with Crippen molar-refractivity contribution in [1.82, 2.24) is 4.98 Å². The van der Waals surface area contributed by atoms with Crippen LogP contribution in [0, 0.1) is 10.1 Å². The summed E-state index contributed by atoms with van der Waals surface area (Å²) in [4.78, 5) is 15.6. The molecule has 0 aliphatic carbocycles. The highest BCUT2D eigenvalue weighted by Crippen LogP contribution is 2.27. The Hall–Kier alpha value is -1.25. The van der Waals surface area contributed by atoms with Crippen molar-refractivity contribution in [3.8, 4) is 0 Å². The van der Waals surface area contributed by atoms with E-state index in [1.54, 1.807) is 7.05 Å². The van der Waals surface area contributed by atoms with E-state index in [0.29, 0.717) is 4.47 Å². The fourth-order valence-corrected chi connectivity index (χ4v) is 1.63. The summed E-state index contributed by atoms with van der Waals surface area (Å²) in [6.07, 6.45) is 0.467. The van der Waals surface area contributed by atoms with Gasteiger partial charge >= 0.3 is 5.69 Å². The first-order chi connectivity index (χ1) is 7.95. The van der Waals surface area contributed by atoms with Crippen LogP contribution in [0.15, 0.2) is 16.7 Å². The van der Waals surface area contributed by atoms with Crippen LogP contribution in [0.4, 0.5) is 11.5 Å². The van der Waals surface area contributed by atoms with Gasteiger partial charge in [0.15, 0.2) is 0 Å². The first-order valence-corrected chi connectivity index (χ1v) is 5.55. The number of pyridine rings is 1. The summed E-state index contributed by atoms with van der Waals surface area (Å²) < 4.78 is 0.504. The van der Waals surface area contributed by atoms with Gasteiger partial charge in [-0.05, 0) is 15.9 Å². The molecule has 17 heavy (non-hydrogen) atoms. The number of halogens is 1. The molecule has 1 unspecified atom stereocenters.